The Morgan fingerprint density at radius 2 is 1.82 bits per heavy atom. The Bertz CT molecular complexity index is 130. The van der Waals surface area contributed by atoms with Gasteiger partial charge in [-0.2, -0.15) is 0 Å². The lowest BCUT2D eigenvalue weighted by molar-refractivity contribution is -0.101. The molecule has 0 aromatic rings. The lowest BCUT2D eigenvalue weighted by Gasteiger charge is -2.34. The van der Waals surface area contributed by atoms with Gasteiger partial charge < -0.3 is 25.7 Å². The lowest BCUT2D eigenvalue weighted by Crippen LogP contribution is -2.60. The molecular weight excluding hydrogens is 150 g/mol. The number of aliphatic hydroxyl groups excluding tert-OH is 4. The van der Waals surface area contributed by atoms with Crippen LogP contribution in [0.4, 0.5) is 0 Å². The third-order valence-corrected chi connectivity index (χ3v) is 1.94. The Labute approximate surface area is 64.3 Å². The second-order valence-corrected chi connectivity index (χ2v) is 2.75. The molecular formula is C6H13NO4. The monoisotopic (exact) mass is 163 g/mol. The van der Waals surface area contributed by atoms with Gasteiger partial charge in [0, 0.05) is 6.54 Å². The molecule has 0 bridgehead atoms. The first-order valence-corrected chi connectivity index (χ1v) is 3.55. The summed E-state index contributed by atoms with van der Waals surface area (Å²) in [7, 11) is 0. The van der Waals surface area contributed by atoms with E-state index in [2.05, 4.69) is 5.32 Å². The van der Waals surface area contributed by atoms with Crippen LogP contribution in [0, 0.1) is 0 Å². The fraction of sp³-hybridized carbons (Fsp3) is 1.00. The molecule has 0 aromatic carbocycles. The fourth-order valence-electron chi connectivity index (χ4n) is 1.15. The molecule has 1 saturated heterocycles. The second-order valence-electron chi connectivity index (χ2n) is 2.75. The summed E-state index contributed by atoms with van der Waals surface area (Å²) in [6.07, 6.45) is -3.20. The van der Waals surface area contributed by atoms with Crippen LogP contribution in [-0.2, 0) is 0 Å². The highest BCUT2D eigenvalue weighted by molar-refractivity contribution is 4.91. The maximum atomic E-state index is 9.18. The minimum atomic E-state index is -1.16. The van der Waals surface area contributed by atoms with E-state index in [1.165, 1.54) is 0 Å². The van der Waals surface area contributed by atoms with Gasteiger partial charge in [-0.3, -0.25) is 0 Å². The summed E-state index contributed by atoms with van der Waals surface area (Å²) < 4.78 is 0. The van der Waals surface area contributed by atoms with E-state index >= 15 is 0 Å². The average molecular weight is 163 g/mol. The van der Waals surface area contributed by atoms with Crippen molar-refractivity contribution in [2.45, 2.75) is 24.4 Å². The highest BCUT2D eigenvalue weighted by Crippen LogP contribution is 2.09. The molecule has 5 N–H and O–H groups in total. The average Bonchev–Trinajstić information content (AvgIpc) is 2.01. The van der Waals surface area contributed by atoms with Crippen molar-refractivity contribution in [3.05, 3.63) is 0 Å². The number of hydrogen-bond donors (Lipinski definition) is 5. The van der Waals surface area contributed by atoms with Gasteiger partial charge in [0.2, 0.25) is 0 Å². The van der Waals surface area contributed by atoms with Crippen molar-refractivity contribution in [2.24, 2.45) is 0 Å². The summed E-state index contributed by atoms with van der Waals surface area (Å²) in [5.41, 5.74) is 0. The predicted molar refractivity (Wildman–Crippen MR) is 36.9 cm³/mol. The van der Waals surface area contributed by atoms with E-state index in [4.69, 9.17) is 15.3 Å². The molecule has 66 valence electrons. The van der Waals surface area contributed by atoms with E-state index in [9.17, 15) is 5.11 Å². The Kier molecular flexibility index (Phi) is 2.80. The molecule has 1 aliphatic heterocycles. The summed E-state index contributed by atoms with van der Waals surface area (Å²) in [6, 6.07) is -0.534. The first-order valence-electron chi connectivity index (χ1n) is 3.55. The molecule has 0 amide bonds. The van der Waals surface area contributed by atoms with E-state index in [0.29, 0.717) is 0 Å². The number of β-amino-alcohol motifs (C(OH)–C–C–N with tert-alkyl or cyclic N) is 1. The van der Waals surface area contributed by atoms with Gasteiger partial charge in [0.25, 0.3) is 0 Å². The summed E-state index contributed by atoms with van der Waals surface area (Å²) in [5.74, 6) is 0. The van der Waals surface area contributed by atoms with Gasteiger partial charge >= 0.3 is 0 Å². The molecule has 0 aromatic heterocycles. The molecule has 0 radical (unpaired) electrons. The summed E-state index contributed by atoms with van der Waals surface area (Å²) >= 11 is 0. The Hall–Kier alpha value is -0.200. The zero-order chi connectivity index (χ0) is 8.43. The van der Waals surface area contributed by atoms with Crippen LogP contribution in [-0.4, -0.2) is 57.9 Å². The highest BCUT2D eigenvalue weighted by atomic mass is 16.4. The van der Waals surface area contributed by atoms with Gasteiger partial charge in [-0.05, 0) is 0 Å². The number of hydrogen-bond acceptors (Lipinski definition) is 5. The molecule has 3 unspecified atom stereocenters. The predicted octanol–water partition coefficient (Wildman–Crippen LogP) is -2.97. The Balaban J connectivity index is 2.52. The number of nitrogens with one attached hydrogen (secondary N) is 1. The number of aliphatic hydroxyl groups is 4. The van der Waals surface area contributed by atoms with Crippen molar-refractivity contribution in [3.8, 4) is 0 Å². The van der Waals surface area contributed by atoms with Crippen LogP contribution >= 0.6 is 0 Å². The maximum Gasteiger partial charge on any atom is 0.109 e. The molecule has 1 heterocycles. The first-order chi connectivity index (χ1) is 5.16. The molecule has 1 fully saturated rings. The van der Waals surface area contributed by atoms with Gasteiger partial charge in [0.1, 0.15) is 6.10 Å². The largest absolute Gasteiger partial charge is 0.395 e. The van der Waals surface area contributed by atoms with Crippen molar-refractivity contribution in [3.63, 3.8) is 0 Å². The van der Waals surface area contributed by atoms with Crippen molar-refractivity contribution in [1.82, 2.24) is 5.32 Å². The number of rotatable bonds is 1. The van der Waals surface area contributed by atoms with E-state index in [0.717, 1.165) is 0 Å². The molecule has 11 heavy (non-hydrogen) atoms. The van der Waals surface area contributed by atoms with E-state index in [-0.39, 0.29) is 13.2 Å². The van der Waals surface area contributed by atoms with Gasteiger partial charge in [-0.25, -0.2) is 0 Å². The third kappa shape index (κ3) is 1.69. The topological polar surface area (TPSA) is 93.0 Å². The Morgan fingerprint density at radius 3 is 2.36 bits per heavy atom. The molecule has 0 spiro atoms. The van der Waals surface area contributed by atoms with Crippen LogP contribution in [0.1, 0.15) is 0 Å². The zero-order valence-electron chi connectivity index (χ0n) is 6.01. The molecule has 0 aliphatic carbocycles. The smallest absolute Gasteiger partial charge is 0.109 e. The van der Waals surface area contributed by atoms with Crippen LogP contribution < -0.4 is 5.32 Å². The summed E-state index contributed by atoms with van der Waals surface area (Å²) in [4.78, 5) is 0. The fourth-order valence-corrected chi connectivity index (χ4v) is 1.15. The second kappa shape index (κ2) is 3.46. The van der Waals surface area contributed by atoms with Crippen molar-refractivity contribution in [2.75, 3.05) is 13.2 Å². The van der Waals surface area contributed by atoms with Crippen LogP contribution in [0.5, 0.6) is 0 Å². The van der Waals surface area contributed by atoms with E-state index < -0.39 is 24.4 Å². The van der Waals surface area contributed by atoms with Gasteiger partial charge in [-0.1, -0.05) is 0 Å². The summed E-state index contributed by atoms with van der Waals surface area (Å²) in [6.45, 7) is -0.0472. The van der Waals surface area contributed by atoms with Crippen molar-refractivity contribution in [1.29, 1.82) is 0 Å². The van der Waals surface area contributed by atoms with Crippen LogP contribution in [0.15, 0.2) is 0 Å². The number of piperidine rings is 1. The van der Waals surface area contributed by atoms with Crippen LogP contribution in [0.3, 0.4) is 0 Å². The molecule has 1 aliphatic rings. The third-order valence-electron chi connectivity index (χ3n) is 1.94. The molecule has 5 heteroatoms. The molecule has 4 atom stereocenters. The maximum absolute atomic E-state index is 9.18. The normalized spacial score (nSPS) is 45.8. The van der Waals surface area contributed by atoms with Gasteiger partial charge in [-0.15, -0.1) is 0 Å². The quantitative estimate of drug-likeness (QED) is 0.285. The minimum Gasteiger partial charge on any atom is -0.395 e. The lowest BCUT2D eigenvalue weighted by atomic mass is 9.97. The van der Waals surface area contributed by atoms with Crippen LogP contribution in [0.25, 0.3) is 0 Å². The van der Waals surface area contributed by atoms with Gasteiger partial charge in [0.05, 0.1) is 24.9 Å². The van der Waals surface area contributed by atoms with E-state index in [1.807, 2.05) is 0 Å². The van der Waals surface area contributed by atoms with Crippen molar-refractivity contribution < 1.29 is 20.4 Å². The first kappa shape index (κ1) is 8.89. The molecule has 5 nitrogen and oxygen atoms in total. The SMILES string of the molecule is OCC1NC[C@@H](O)C(O)C1O. The van der Waals surface area contributed by atoms with Crippen molar-refractivity contribution >= 4 is 0 Å². The minimum absolute atomic E-state index is 0.198. The van der Waals surface area contributed by atoms with Crippen LogP contribution in [0.2, 0.25) is 0 Å². The summed E-state index contributed by atoms with van der Waals surface area (Å²) in [5, 5.41) is 38.6. The standard InChI is InChI=1S/C6H13NO4/c8-2-3-5(10)6(11)4(9)1-7-3/h3-11H,1-2H2/t3?,4-,5?,6?/m1/s1. The highest BCUT2D eigenvalue weighted by Gasteiger charge is 2.35. The zero-order valence-corrected chi connectivity index (χ0v) is 6.01. The molecule has 0 saturated carbocycles. The van der Waals surface area contributed by atoms with E-state index in [1.54, 1.807) is 0 Å². The van der Waals surface area contributed by atoms with Gasteiger partial charge in [0.15, 0.2) is 0 Å². The molecule has 1 rings (SSSR count). The Morgan fingerprint density at radius 1 is 1.18 bits per heavy atom.